The second-order valence-electron chi connectivity index (χ2n) is 3.34. The Morgan fingerprint density at radius 2 is 2.25 bits per heavy atom. The molecule has 0 aromatic carbocycles. The van der Waals surface area contributed by atoms with Gasteiger partial charge in [-0.1, -0.05) is 0 Å². The van der Waals surface area contributed by atoms with E-state index in [4.69, 9.17) is 0 Å². The highest BCUT2D eigenvalue weighted by molar-refractivity contribution is 5.87. The van der Waals surface area contributed by atoms with E-state index in [1.165, 1.54) is 6.33 Å². The van der Waals surface area contributed by atoms with Crippen LogP contribution in [0.15, 0.2) is 24.9 Å². The lowest BCUT2D eigenvalue weighted by molar-refractivity contribution is 0.785. The first-order valence-corrected chi connectivity index (χ1v) is 4.73. The first-order chi connectivity index (χ1) is 7.84. The van der Waals surface area contributed by atoms with Crippen molar-refractivity contribution in [2.45, 2.75) is 0 Å². The van der Waals surface area contributed by atoms with E-state index >= 15 is 0 Å². The van der Waals surface area contributed by atoms with Crippen molar-refractivity contribution in [1.82, 2.24) is 29.9 Å². The summed E-state index contributed by atoms with van der Waals surface area (Å²) in [5.41, 5.74) is 1.64. The number of nitrogens with one attached hydrogen (secondary N) is 2. The summed E-state index contributed by atoms with van der Waals surface area (Å²) in [7, 11) is 1.84. The molecule has 3 aromatic heterocycles. The third kappa shape index (κ3) is 1.29. The molecule has 0 spiro atoms. The first-order valence-electron chi connectivity index (χ1n) is 4.73. The number of anilines is 2. The predicted molar refractivity (Wildman–Crippen MR) is 58.2 cm³/mol. The molecular formula is C9H9N7. The Balaban J connectivity index is 2.10. The highest BCUT2D eigenvalue weighted by Crippen LogP contribution is 2.21. The molecular weight excluding hydrogens is 206 g/mol. The Labute approximate surface area is 90.5 Å². The standard InChI is InChI=1S/C9H9N7/c1-16-9-7(4-14-16)8(10-5-11-9)15-6-2-12-13-3-6/h2-5H,1H3,(H,12,13)(H,10,11,15). The average Bonchev–Trinajstić information content (AvgIpc) is 2.90. The molecule has 0 saturated heterocycles. The van der Waals surface area contributed by atoms with Gasteiger partial charge < -0.3 is 5.32 Å². The van der Waals surface area contributed by atoms with Gasteiger partial charge in [0.1, 0.15) is 12.1 Å². The van der Waals surface area contributed by atoms with Gasteiger partial charge in [0.25, 0.3) is 0 Å². The average molecular weight is 215 g/mol. The Morgan fingerprint density at radius 1 is 1.31 bits per heavy atom. The van der Waals surface area contributed by atoms with Gasteiger partial charge in [0.15, 0.2) is 5.65 Å². The Bertz CT molecular complexity index is 610. The van der Waals surface area contributed by atoms with Crippen molar-refractivity contribution in [2.75, 3.05) is 5.32 Å². The van der Waals surface area contributed by atoms with E-state index in [1.807, 2.05) is 7.05 Å². The predicted octanol–water partition coefficient (Wildman–Crippen LogP) is 0.830. The van der Waals surface area contributed by atoms with Gasteiger partial charge in [-0.25, -0.2) is 9.97 Å². The molecule has 0 amide bonds. The largest absolute Gasteiger partial charge is 0.337 e. The lowest BCUT2D eigenvalue weighted by Crippen LogP contribution is -1.96. The second-order valence-corrected chi connectivity index (χ2v) is 3.34. The van der Waals surface area contributed by atoms with Gasteiger partial charge in [-0.2, -0.15) is 10.2 Å². The molecule has 7 nitrogen and oxygen atoms in total. The lowest BCUT2D eigenvalue weighted by atomic mass is 10.4. The van der Waals surface area contributed by atoms with Crippen LogP contribution in [0.3, 0.4) is 0 Å². The zero-order chi connectivity index (χ0) is 11.0. The van der Waals surface area contributed by atoms with E-state index in [2.05, 4.69) is 30.6 Å². The molecule has 0 unspecified atom stereocenters. The van der Waals surface area contributed by atoms with Gasteiger partial charge in [0.2, 0.25) is 0 Å². The third-order valence-electron chi connectivity index (χ3n) is 2.29. The van der Waals surface area contributed by atoms with E-state index in [1.54, 1.807) is 23.3 Å². The van der Waals surface area contributed by atoms with Crippen molar-refractivity contribution in [3.8, 4) is 0 Å². The number of fused-ring (bicyclic) bond motifs is 1. The minimum Gasteiger partial charge on any atom is -0.337 e. The summed E-state index contributed by atoms with van der Waals surface area (Å²) in [5, 5.41) is 14.7. The normalized spacial score (nSPS) is 10.8. The summed E-state index contributed by atoms with van der Waals surface area (Å²) >= 11 is 0. The zero-order valence-corrected chi connectivity index (χ0v) is 8.55. The van der Waals surface area contributed by atoms with Gasteiger partial charge in [0, 0.05) is 13.2 Å². The van der Waals surface area contributed by atoms with E-state index < -0.39 is 0 Å². The van der Waals surface area contributed by atoms with Crippen LogP contribution >= 0.6 is 0 Å². The summed E-state index contributed by atoms with van der Waals surface area (Å²) in [6, 6.07) is 0. The summed E-state index contributed by atoms with van der Waals surface area (Å²) in [5.74, 6) is 0.722. The third-order valence-corrected chi connectivity index (χ3v) is 2.29. The smallest absolute Gasteiger partial charge is 0.163 e. The van der Waals surface area contributed by atoms with Crippen molar-refractivity contribution >= 4 is 22.5 Å². The van der Waals surface area contributed by atoms with Gasteiger partial charge in [0.05, 0.1) is 23.5 Å². The van der Waals surface area contributed by atoms with E-state index in [-0.39, 0.29) is 0 Å². The molecule has 0 aliphatic carbocycles. The summed E-state index contributed by atoms with van der Waals surface area (Å²) in [4.78, 5) is 8.33. The van der Waals surface area contributed by atoms with Crippen molar-refractivity contribution in [3.63, 3.8) is 0 Å². The minimum atomic E-state index is 0.722. The Kier molecular flexibility index (Phi) is 1.82. The molecule has 0 saturated carbocycles. The number of rotatable bonds is 2. The molecule has 80 valence electrons. The number of aromatic nitrogens is 6. The molecule has 0 aliphatic rings. The molecule has 16 heavy (non-hydrogen) atoms. The van der Waals surface area contributed by atoms with Gasteiger partial charge >= 0.3 is 0 Å². The molecule has 0 bridgehead atoms. The van der Waals surface area contributed by atoms with Crippen LogP contribution < -0.4 is 5.32 Å². The maximum absolute atomic E-state index is 4.18. The molecule has 2 N–H and O–H groups in total. The number of aryl methyl sites for hydroxylation is 1. The lowest BCUT2D eigenvalue weighted by Gasteiger charge is -2.02. The van der Waals surface area contributed by atoms with Gasteiger partial charge in [-0.3, -0.25) is 9.78 Å². The summed E-state index contributed by atoms with van der Waals surface area (Å²) in [6.45, 7) is 0. The van der Waals surface area contributed by atoms with Crippen molar-refractivity contribution < 1.29 is 0 Å². The number of nitrogens with zero attached hydrogens (tertiary/aromatic N) is 5. The molecule has 3 rings (SSSR count). The van der Waals surface area contributed by atoms with E-state index in [0.717, 1.165) is 22.5 Å². The maximum Gasteiger partial charge on any atom is 0.163 e. The monoisotopic (exact) mass is 215 g/mol. The number of hydrogen-bond donors (Lipinski definition) is 2. The van der Waals surface area contributed by atoms with Gasteiger partial charge in [-0.05, 0) is 0 Å². The van der Waals surface area contributed by atoms with Crippen LogP contribution in [0.5, 0.6) is 0 Å². The zero-order valence-electron chi connectivity index (χ0n) is 8.55. The van der Waals surface area contributed by atoms with Crippen LogP contribution in [0.4, 0.5) is 11.5 Å². The van der Waals surface area contributed by atoms with E-state index in [0.29, 0.717) is 0 Å². The molecule has 3 heterocycles. The van der Waals surface area contributed by atoms with Crippen LogP contribution in [-0.4, -0.2) is 29.9 Å². The van der Waals surface area contributed by atoms with Crippen molar-refractivity contribution in [1.29, 1.82) is 0 Å². The molecule has 3 aromatic rings. The summed E-state index contributed by atoms with van der Waals surface area (Å²) in [6.07, 6.45) is 6.68. The van der Waals surface area contributed by atoms with Crippen LogP contribution in [0.2, 0.25) is 0 Å². The Hall–Kier alpha value is -2.44. The minimum absolute atomic E-state index is 0.722. The van der Waals surface area contributed by atoms with Crippen molar-refractivity contribution in [3.05, 3.63) is 24.9 Å². The number of hydrogen-bond acceptors (Lipinski definition) is 5. The number of aromatic amines is 1. The van der Waals surface area contributed by atoms with Crippen LogP contribution in [0.25, 0.3) is 11.0 Å². The second kappa shape index (κ2) is 3.30. The Morgan fingerprint density at radius 3 is 3.06 bits per heavy atom. The maximum atomic E-state index is 4.18. The molecule has 0 atom stereocenters. The fourth-order valence-corrected chi connectivity index (χ4v) is 1.52. The van der Waals surface area contributed by atoms with Crippen molar-refractivity contribution in [2.24, 2.45) is 7.05 Å². The fourth-order valence-electron chi connectivity index (χ4n) is 1.52. The fraction of sp³-hybridized carbons (Fsp3) is 0.111. The van der Waals surface area contributed by atoms with Crippen LogP contribution in [-0.2, 0) is 7.05 Å². The van der Waals surface area contributed by atoms with E-state index in [9.17, 15) is 0 Å². The molecule has 0 radical (unpaired) electrons. The van der Waals surface area contributed by atoms with Gasteiger partial charge in [-0.15, -0.1) is 0 Å². The van der Waals surface area contributed by atoms with Crippen LogP contribution in [0, 0.1) is 0 Å². The SMILES string of the molecule is Cn1ncc2c(Nc3cn[nH]c3)ncnc21. The van der Waals surface area contributed by atoms with Crippen LogP contribution in [0.1, 0.15) is 0 Å². The molecule has 0 fully saturated rings. The quantitative estimate of drug-likeness (QED) is 0.661. The molecule has 7 heteroatoms. The topological polar surface area (TPSA) is 84.3 Å². The first kappa shape index (κ1) is 8.84. The highest BCUT2D eigenvalue weighted by atomic mass is 15.3. The highest BCUT2D eigenvalue weighted by Gasteiger charge is 2.07. The summed E-state index contributed by atoms with van der Waals surface area (Å²) < 4.78 is 1.71. The molecule has 0 aliphatic heterocycles. The number of H-pyrrole nitrogens is 1.